The molecule has 1 aliphatic carbocycles. The highest BCUT2D eigenvalue weighted by Crippen LogP contribution is 2.37. The first kappa shape index (κ1) is 13.3. The van der Waals surface area contributed by atoms with Crippen molar-refractivity contribution >= 4 is 9.84 Å². The Labute approximate surface area is 118 Å². The summed E-state index contributed by atoms with van der Waals surface area (Å²) in [6.07, 6.45) is -0.578. The molecule has 0 saturated heterocycles. The van der Waals surface area contributed by atoms with Crippen molar-refractivity contribution in [3.8, 4) is 0 Å². The second-order valence-corrected chi connectivity index (χ2v) is 7.41. The Morgan fingerprint density at radius 3 is 2.35 bits per heavy atom. The Balaban J connectivity index is 2.00. The van der Waals surface area contributed by atoms with Crippen molar-refractivity contribution in [2.75, 3.05) is 0 Å². The molecule has 2 unspecified atom stereocenters. The molecule has 20 heavy (non-hydrogen) atoms. The molecule has 4 heteroatoms. The van der Waals surface area contributed by atoms with Crippen LogP contribution in [0.1, 0.15) is 22.8 Å². The standard InChI is InChI=1S/C16H16O3S/c1-11-6-8-13(9-7-11)20(18,19)15-10-12-4-2-3-5-14(12)16(15)17/h2-9,15-17H,10H2,1H3. The minimum atomic E-state index is -3.52. The average molecular weight is 288 g/mol. The summed E-state index contributed by atoms with van der Waals surface area (Å²) in [5.74, 6) is 0. The van der Waals surface area contributed by atoms with Gasteiger partial charge in [0.05, 0.1) is 16.2 Å². The highest BCUT2D eigenvalue weighted by atomic mass is 32.2. The van der Waals surface area contributed by atoms with Gasteiger partial charge in [-0.15, -0.1) is 0 Å². The lowest BCUT2D eigenvalue weighted by Crippen LogP contribution is -2.25. The summed E-state index contributed by atoms with van der Waals surface area (Å²) in [6, 6.07) is 14.1. The van der Waals surface area contributed by atoms with Crippen LogP contribution in [0, 0.1) is 6.92 Å². The van der Waals surface area contributed by atoms with Gasteiger partial charge in [0.2, 0.25) is 0 Å². The second kappa shape index (κ2) is 4.72. The molecule has 1 N–H and O–H groups in total. The van der Waals surface area contributed by atoms with Gasteiger partial charge in [-0.25, -0.2) is 8.42 Å². The zero-order valence-corrected chi connectivity index (χ0v) is 12.0. The van der Waals surface area contributed by atoms with Gasteiger partial charge in [0.1, 0.15) is 0 Å². The highest BCUT2D eigenvalue weighted by Gasteiger charge is 2.40. The summed E-state index contributed by atoms with van der Waals surface area (Å²) in [6.45, 7) is 1.91. The molecule has 2 atom stereocenters. The number of benzene rings is 2. The molecule has 2 aromatic rings. The lowest BCUT2D eigenvalue weighted by atomic mass is 10.1. The molecule has 0 fully saturated rings. The van der Waals surface area contributed by atoms with Crippen molar-refractivity contribution in [2.24, 2.45) is 0 Å². The first-order valence-corrected chi connectivity index (χ1v) is 8.11. The van der Waals surface area contributed by atoms with Crippen LogP contribution in [-0.2, 0) is 16.3 Å². The Bertz CT molecular complexity index is 733. The summed E-state index contributed by atoms with van der Waals surface area (Å²) in [5.41, 5.74) is 2.66. The van der Waals surface area contributed by atoms with Gasteiger partial charge in [0.25, 0.3) is 0 Å². The van der Waals surface area contributed by atoms with Gasteiger partial charge in [0.15, 0.2) is 9.84 Å². The van der Waals surface area contributed by atoms with Crippen molar-refractivity contribution in [1.29, 1.82) is 0 Å². The lowest BCUT2D eigenvalue weighted by Gasteiger charge is -2.16. The maximum absolute atomic E-state index is 12.7. The van der Waals surface area contributed by atoms with Crippen molar-refractivity contribution in [1.82, 2.24) is 0 Å². The van der Waals surface area contributed by atoms with E-state index >= 15 is 0 Å². The highest BCUT2D eigenvalue weighted by molar-refractivity contribution is 7.92. The predicted octanol–water partition coefficient (Wildman–Crippen LogP) is 2.43. The van der Waals surface area contributed by atoms with Crippen molar-refractivity contribution in [3.05, 3.63) is 65.2 Å². The van der Waals surface area contributed by atoms with E-state index < -0.39 is 21.2 Å². The molecule has 0 amide bonds. The number of sulfone groups is 1. The molecular weight excluding hydrogens is 272 g/mol. The topological polar surface area (TPSA) is 54.4 Å². The van der Waals surface area contributed by atoms with E-state index in [0.717, 1.165) is 16.7 Å². The van der Waals surface area contributed by atoms with Crippen molar-refractivity contribution in [3.63, 3.8) is 0 Å². The van der Waals surface area contributed by atoms with Gasteiger partial charge in [-0.2, -0.15) is 0 Å². The fourth-order valence-electron chi connectivity index (χ4n) is 2.72. The number of aliphatic hydroxyl groups is 1. The SMILES string of the molecule is Cc1ccc(S(=O)(=O)C2Cc3ccccc3C2O)cc1. The van der Waals surface area contributed by atoms with Crippen molar-refractivity contribution in [2.45, 2.75) is 29.6 Å². The first-order chi connectivity index (χ1) is 9.50. The summed E-state index contributed by atoms with van der Waals surface area (Å²) in [7, 11) is -3.52. The van der Waals surface area contributed by atoms with Gasteiger partial charge in [-0.05, 0) is 36.6 Å². The molecule has 3 nitrogen and oxygen atoms in total. The van der Waals surface area contributed by atoms with E-state index in [4.69, 9.17) is 0 Å². The summed E-state index contributed by atoms with van der Waals surface area (Å²) in [5, 5.41) is 9.52. The van der Waals surface area contributed by atoms with Crippen LogP contribution in [0.3, 0.4) is 0 Å². The van der Waals surface area contributed by atoms with Crippen LogP contribution < -0.4 is 0 Å². The lowest BCUT2D eigenvalue weighted by molar-refractivity contribution is 0.182. The Kier molecular flexibility index (Phi) is 3.15. The second-order valence-electron chi connectivity index (χ2n) is 5.24. The molecule has 3 rings (SSSR count). The van der Waals surface area contributed by atoms with Gasteiger partial charge in [-0.3, -0.25) is 0 Å². The molecule has 0 bridgehead atoms. The van der Waals surface area contributed by atoms with Crippen LogP contribution in [0.2, 0.25) is 0 Å². The minimum Gasteiger partial charge on any atom is -0.387 e. The maximum Gasteiger partial charge on any atom is 0.184 e. The maximum atomic E-state index is 12.7. The number of fused-ring (bicyclic) bond motifs is 1. The summed E-state index contributed by atoms with van der Waals surface area (Å²) >= 11 is 0. The normalized spacial score (nSPS) is 21.7. The molecule has 0 spiro atoms. The zero-order valence-electron chi connectivity index (χ0n) is 11.2. The van der Waals surface area contributed by atoms with Crippen LogP contribution in [0.15, 0.2) is 53.4 Å². The monoisotopic (exact) mass is 288 g/mol. The Morgan fingerprint density at radius 1 is 1.05 bits per heavy atom. The molecule has 1 aliphatic rings. The minimum absolute atomic E-state index is 0.278. The van der Waals surface area contributed by atoms with Gasteiger partial charge in [0, 0.05) is 0 Å². The van der Waals surface area contributed by atoms with E-state index in [0.29, 0.717) is 6.42 Å². The average Bonchev–Trinajstić information content (AvgIpc) is 2.78. The fraction of sp³-hybridized carbons (Fsp3) is 0.250. The number of hydrogen-bond donors (Lipinski definition) is 1. The molecule has 0 heterocycles. The third-order valence-electron chi connectivity index (χ3n) is 3.90. The van der Waals surface area contributed by atoms with E-state index in [-0.39, 0.29) is 4.90 Å². The molecule has 2 aromatic carbocycles. The number of aliphatic hydroxyl groups excluding tert-OH is 1. The van der Waals surface area contributed by atoms with Crippen LogP contribution in [-0.4, -0.2) is 18.8 Å². The van der Waals surface area contributed by atoms with Gasteiger partial charge < -0.3 is 5.11 Å². The number of rotatable bonds is 2. The number of hydrogen-bond acceptors (Lipinski definition) is 3. The first-order valence-electron chi connectivity index (χ1n) is 6.56. The Hall–Kier alpha value is -1.65. The van der Waals surface area contributed by atoms with Crippen LogP contribution >= 0.6 is 0 Å². The largest absolute Gasteiger partial charge is 0.387 e. The quantitative estimate of drug-likeness (QED) is 0.923. The Morgan fingerprint density at radius 2 is 1.70 bits per heavy atom. The van der Waals surface area contributed by atoms with E-state index in [1.807, 2.05) is 25.1 Å². The third kappa shape index (κ3) is 2.05. The molecule has 0 aliphatic heterocycles. The predicted molar refractivity (Wildman–Crippen MR) is 77.3 cm³/mol. The van der Waals surface area contributed by atoms with Crippen LogP contribution in [0.4, 0.5) is 0 Å². The molecule has 0 aromatic heterocycles. The van der Waals surface area contributed by atoms with E-state index in [9.17, 15) is 13.5 Å². The van der Waals surface area contributed by atoms with Crippen LogP contribution in [0.5, 0.6) is 0 Å². The van der Waals surface area contributed by atoms with E-state index in [2.05, 4.69) is 0 Å². The van der Waals surface area contributed by atoms with Gasteiger partial charge in [-0.1, -0.05) is 42.0 Å². The van der Waals surface area contributed by atoms with E-state index in [1.54, 1.807) is 30.3 Å². The zero-order chi connectivity index (χ0) is 14.3. The van der Waals surface area contributed by atoms with Gasteiger partial charge >= 0.3 is 0 Å². The summed E-state index contributed by atoms with van der Waals surface area (Å²) < 4.78 is 25.3. The smallest absolute Gasteiger partial charge is 0.184 e. The number of aryl methyl sites for hydroxylation is 1. The molecule has 0 radical (unpaired) electrons. The van der Waals surface area contributed by atoms with Crippen molar-refractivity contribution < 1.29 is 13.5 Å². The van der Waals surface area contributed by atoms with E-state index in [1.165, 1.54) is 0 Å². The fourth-order valence-corrected chi connectivity index (χ4v) is 4.47. The molecular formula is C16H16O3S. The molecule has 0 saturated carbocycles. The van der Waals surface area contributed by atoms with Crippen LogP contribution in [0.25, 0.3) is 0 Å². The molecule has 104 valence electrons. The summed E-state index contributed by atoms with van der Waals surface area (Å²) in [4.78, 5) is 0.278. The third-order valence-corrected chi connectivity index (χ3v) is 6.05.